The third-order valence-electron chi connectivity index (χ3n) is 4.25. The Kier molecular flexibility index (Phi) is 6.81. The predicted molar refractivity (Wildman–Crippen MR) is 108 cm³/mol. The van der Waals surface area contributed by atoms with Gasteiger partial charge in [0.25, 0.3) is 5.91 Å². The molecule has 0 spiro atoms. The zero-order valence-corrected chi connectivity index (χ0v) is 16.2. The van der Waals surface area contributed by atoms with Crippen molar-refractivity contribution in [2.45, 2.75) is 33.6 Å². The Morgan fingerprint density at radius 1 is 1.11 bits per heavy atom. The van der Waals surface area contributed by atoms with Crippen molar-refractivity contribution in [3.63, 3.8) is 0 Å². The summed E-state index contributed by atoms with van der Waals surface area (Å²) in [4.78, 5) is 12.5. The van der Waals surface area contributed by atoms with E-state index in [9.17, 15) is 4.79 Å². The highest BCUT2D eigenvalue weighted by Crippen LogP contribution is 2.16. The highest BCUT2D eigenvalue weighted by atomic mass is 16.5. The summed E-state index contributed by atoms with van der Waals surface area (Å²) in [6.45, 7) is 5.41. The van der Waals surface area contributed by atoms with E-state index in [2.05, 4.69) is 29.5 Å². The van der Waals surface area contributed by atoms with Gasteiger partial charge in [0.05, 0.1) is 18.1 Å². The molecule has 0 saturated heterocycles. The van der Waals surface area contributed by atoms with Crippen LogP contribution in [0.1, 0.15) is 35.3 Å². The summed E-state index contributed by atoms with van der Waals surface area (Å²) in [5, 5.41) is 7.00. The maximum absolute atomic E-state index is 12.5. The van der Waals surface area contributed by atoms with Gasteiger partial charge >= 0.3 is 0 Å². The quantitative estimate of drug-likeness (QED) is 0.603. The second-order valence-corrected chi connectivity index (χ2v) is 6.33. The molecular weight excluding hydrogens is 354 g/mol. The summed E-state index contributed by atoms with van der Waals surface area (Å²) in [7, 11) is 0. The number of anilines is 1. The van der Waals surface area contributed by atoms with Gasteiger partial charge in [-0.15, -0.1) is 0 Å². The number of benzene rings is 2. The van der Waals surface area contributed by atoms with Gasteiger partial charge in [-0.25, -0.2) is 4.68 Å². The molecule has 1 amide bonds. The minimum Gasteiger partial charge on any atom is -0.489 e. The molecule has 0 unspecified atom stereocenters. The molecule has 6 heteroatoms. The van der Waals surface area contributed by atoms with Crippen LogP contribution in [0.15, 0.2) is 60.9 Å². The molecule has 1 N–H and O–H groups in total. The third kappa shape index (κ3) is 5.44. The molecule has 0 bridgehead atoms. The van der Waals surface area contributed by atoms with Crippen LogP contribution in [0.4, 0.5) is 5.69 Å². The van der Waals surface area contributed by atoms with E-state index in [1.54, 1.807) is 23.1 Å². The molecule has 0 fully saturated rings. The van der Waals surface area contributed by atoms with E-state index in [1.807, 2.05) is 37.3 Å². The van der Waals surface area contributed by atoms with Gasteiger partial charge in [0.2, 0.25) is 0 Å². The van der Waals surface area contributed by atoms with Crippen LogP contribution in [-0.4, -0.2) is 22.3 Å². The number of hydrogen-bond acceptors (Lipinski definition) is 4. The molecule has 0 aliphatic rings. The Labute approximate surface area is 165 Å². The number of aryl methyl sites for hydroxylation is 1. The molecule has 0 aliphatic carbocycles. The number of rotatable bonds is 9. The monoisotopic (exact) mass is 379 g/mol. The first kappa shape index (κ1) is 19.6. The molecule has 28 heavy (non-hydrogen) atoms. The van der Waals surface area contributed by atoms with Crippen LogP contribution in [0.5, 0.6) is 5.75 Å². The minimum atomic E-state index is -0.190. The van der Waals surface area contributed by atoms with Crippen LogP contribution >= 0.6 is 0 Å². The lowest BCUT2D eigenvalue weighted by Gasteiger charge is -2.09. The van der Waals surface area contributed by atoms with Crippen molar-refractivity contribution in [2.24, 2.45) is 0 Å². The zero-order valence-electron chi connectivity index (χ0n) is 16.2. The molecule has 1 aromatic heterocycles. The standard InChI is InChI=1S/C22H25N3O3/c1-3-17-8-10-21(11-9-17)28-15-18-6-5-7-19(12-18)22(26)24-20-13-23-25(14-20)16-27-4-2/h5-14H,3-4,15-16H2,1-2H3,(H,24,26). The van der Waals surface area contributed by atoms with E-state index < -0.39 is 0 Å². The van der Waals surface area contributed by atoms with Gasteiger partial charge in [0.1, 0.15) is 19.1 Å². The van der Waals surface area contributed by atoms with Gasteiger partial charge in [-0.3, -0.25) is 4.79 Å². The van der Waals surface area contributed by atoms with Gasteiger partial charge in [-0.1, -0.05) is 31.2 Å². The fourth-order valence-electron chi connectivity index (χ4n) is 2.68. The topological polar surface area (TPSA) is 65.4 Å². The first-order valence-corrected chi connectivity index (χ1v) is 9.40. The van der Waals surface area contributed by atoms with E-state index in [1.165, 1.54) is 5.56 Å². The first-order valence-electron chi connectivity index (χ1n) is 9.40. The number of nitrogens with zero attached hydrogens (tertiary/aromatic N) is 2. The van der Waals surface area contributed by atoms with Gasteiger partial charge in [0.15, 0.2) is 0 Å². The van der Waals surface area contributed by atoms with E-state index in [-0.39, 0.29) is 5.91 Å². The maximum Gasteiger partial charge on any atom is 0.255 e. The van der Waals surface area contributed by atoms with Gasteiger partial charge in [0, 0.05) is 12.2 Å². The van der Waals surface area contributed by atoms with Crippen LogP contribution < -0.4 is 10.1 Å². The van der Waals surface area contributed by atoms with Crippen molar-refractivity contribution in [3.05, 3.63) is 77.6 Å². The maximum atomic E-state index is 12.5. The number of carbonyl (C=O) groups is 1. The fourth-order valence-corrected chi connectivity index (χ4v) is 2.68. The zero-order chi connectivity index (χ0) is 19.8. The summed E-state index contributed by atoms with van der Waals surface area (Å²) in [5.74, 6) is 0.624. The summed E-state index contributed by atoms with van der Waals surface area (Å²) in [5.41, 5.74) is 3.40. The number of aromatic nitrogens is 2. The van der Waals surface area contributed by atoms with Gasteiger partial charge < -0.3 is 14.8 Å². The van der Waals surface area contributed by atoms with Crippen LogP contribution in [-0.2, 0) is 24.5 Å². The highest BCUT2D eigenvalue weighted by Gasteiger charge is 2.09. The molecule has 146 valence electrons. The molecule has 0 saturated carbocycles. The van der Waals surface area contributed by atoms with Crippen LogP contribution in [0.2, 0.25) is 0 Å². The van der Waals surface area contributed by atoms with E-state index >= 15 is 0 Å². The fraction of sp³-hybridized carbons (Fsp3) is 0.273. The van der Waals surface area contributed by atoms with Crippen molar-refractivity contribution in [2.75, 3.05) is 11.9 Å². The van der Waals surface area contributed by atoms with Crippen LogP contribution in [0, 0.1) is 0 Å². The van der Waals surface area contributed by atoms with E-state index in [4.69, 9.17) is 9.47 Å². The van der Waals surface area contributed by atoms with Gasteiger partial charge in [-0.05, 0) is 48.7 Å². The highest BCUT2D eigenvalue weighted by molar-refractivity contribution is 6.04. The first-order chi connectivity index (χ1) is 13.7. The smallest absolute Gasteiger partial charge is 0.255 e. The Hall–Kier alpha value is -3.12. The third-order valence-corrected chi connectivity index (χ3v) is 4.25. The molecule has 1 heterocycles. The molecule has 6 nitrogen and oxygen atoms in total. The number of hydrogen-bond donors (Lipinski definition) is 1. The number of amides is 1. The largest absolute Gasteiger partial charge is 0.489 e. The summed E-state index contributed by atoms with van der Waals surface area (Å²) in [6, 6.07) is 15.5. The second-order valence-electron chi connectivity index (χ2n) is 6.33. The van der Waals surface area contributed by atoms with Crippen molar-refractivity contribution >= 4 is 11.6 Å². The normalized spacial score (nSPS) is 10.6. The van der Waals surface area contributed by atoms with Crippen molar-refractivity contribution in [1.29, 1.82) is 0 Å². The van der Waals surface area contributed by atoms with Crippen LogP contribution in [0.25, 0.3) is 0 Å². The Morgan fingerprint density at radius 3 is 2.68 bits per heavy atom. The average Bonchev–Trinajstić information content (AvgIpc) is 3.18. The van der Waals surface area contributed by atoms with Crippen LogP contribution in [0.3, 0.4) is 0 Å². The molecular formula is C22H25N3O3. The molecule has 0 aliphatic heterocycles. The average molecular weight is 379 g/mol. The lowest BCUT2D eigenvalue weighted by molar-refractivity contribution is 0.0792. The number of ether oxygens (including phenoxy) is 2. The van der Waals surface area contributed by atoms with E-state index in [0.717, 1.165) is 17.7 Å². The lowest BCUT2D eigenvalue weighted by Crippen LogP contribution is -2.12. The number of nitrogens with one attached hydrogen (secondary N) is 1. The SMILES string of the molecule is CCOCn1cc(NC(=O)c2cccc(COc3ccc(CC)cc3)c2)cn1. The molecule has 0 radical (unpaired) electrons. The van der Waals surface area contributed by atoms with E-state index in [0.29, 0.717) is 31.2 Å². The second kappa shape index (κ2) is 9.71. The Morgan fingerprint density at radius 2 is 1.93 bits per heavy atom. The molecule has 3 rings (SSSR count). The number of carbonyl (C=O) groups excluding carboxylic acids is 1. The Bertz CT molecular complexity index is 903. The predicted octanol–water partition coefficient (Wildman–Crippen LogP) is 4.27. The summed E-state index contributed by atoms with van der Waals surface area (Å²) >= 11 is 0. The molecule has 0 atom stereocenters. The molecule has 2 aromatic carbocycles. The molecule has 3 aromatic rings. The van der Waals surface area contributed by atoms with Crippen molar-refractivity contribution in [3.8, 4) is 5.75 Å². The minimum absolute atomic E-state index is 0.190. The Balaban J connectivity index is 1.58. The summed E-state index contributed by atoms with van der Waals surface area (Å²) < 4.78 is 12.7. The lowest BCUT2D eigenvalue weighted by atomic mass is 10.1. The summed E-state index contributed by atoms with van der Waals surface area (Å²) in [6.07, 6.45) is 4.34. The van der Waals surface area contributed by atoms with Crippen molar-refractivity contribution < 1.29 is 14.3 Å². The van der Waals surface area contributed by atoms with Gasteiger partial charge in [-0.2, -0.15) is 5.10 Å². The van der Waals surface area contributed by atoms with Crippen molar-refractivity contribution in [1.82, 2.24) is 9.78 Å².